The molecule has 0 atom stereocenters. The standard InChI is InChI=1S/C18H24N2O3/c1-3-4-12-20-15-9-6-5-8-14(15)13(2)17(20)18(23)19-11-7-10-16(21)22/h5-6,8-9H,3-4,7,10-12H2,1-2H3,(H,19,23)(H,21,22). The lowest BCUT2D eigenvalue weighted by Crippen LogP contribution is -2.28. The van der Waals surface area contributed by atoms with Crippen LogP contribution in [0, 0.1) is 6.92 Å². The molecular formula is C18H24N2O3. The number of amides is 1. The SMILES string of the molecule is CCCCn1c(C(=O)NCCCC(=O)O)c(C)c2ccccc21. The molecule has 0 spiro atoms. The van der Waals surface area contributed by atoms with Gasteiger partial charge in [0.15, 0.2) is 0 Å². The normalized spacial score (nSPS) is 10.9. The number of aryl methyl sites for hydroxylation is 2. The third-order valence-electron chi connectivity index (χ3n) is 4.03. The number of aliphatic carboxylic acids is 1. The highest BCUT2D eigenvalue weighted by molar-refractivity contribution is 6.01. The van der Waals surface area contributed by atoms with Gasteiger partial charge in [-0.3, -0.25) is 9.59 Å². The minimum atomic E-state index is -0.840. The van der Waals surface area contributed by atoms with Gasteiger partial charge in [-0.25, -0.2) is 0 Å². The van der Waals surface area contributed by atoms with E-state index in [9.17, 15) is 9.59 Å². The maximum Gasteiger partial charge on any atom is 0.303 e. The van der Waals surface area contributed by atoms with Crippen LogP contribution in [0.1, 0.15) is 48.7 Å². The average molecular weight is 316 g/mol. The number of fused-ring (bicyclic) bond motifs is 1. The topological polar surface area (TPSA) is 71.3 Å². The molecular weight excluding hydrogens is 292 g/mol. The first-order valence-electron chi connectivity index (χ1n) is 8.14. The van der Waals surface area contributed by atoms with Crippen molar-refractivity contribution in [3.63, 3.8) is 0 Å². The predicted molar refractivity (Wildman–Crippen MR) is 90.8 cm³/mol. The van der Waals surface area contributed by atoms with E-state index >= 15 is 0 Å². The molecule has 0 unspecified atom stereocenters. The summed E-state index contributed by atoms with van der Waals surface area (Å²) in [6.07, 6.45) is 2.58. The zero-order valence-electron chi connectivity index (χ0n) is 13.8. The van der Waals surface area contributed by atoms with Gasteiger partial charge in [-0.2, -0.15) is 0 Å². The number of carboxylic acid groups (broad SMARTS) is 1. The van der Waals surface area contributed by atoms with Gasteiger partial charge in [-0.05, 0) is 31.4 Å². The van der Waals surface area contributed by atoms with Crippen LogP contribution in [0.3, 0.4) is 0 Å². The van der Waals surface area contributed by atoms with Crippen LogP contribution in [0.5, 0.6) is 0 Å². The van der Waals surface area contributed by atoms with Crippen LogP contribution in [-0.4, -0.2) is 28.1 Å². The smallest absolute Gasteiger partial charge is 0.303 e. The first kappa shape index (κ1) is 17.1. The fourth-order valence-corrected chi connectivity index (χ4v) is 2.84. The second-order valence-electron chi connectivity index (χ2n) is 5.75. The van der Waals surface area contributed by atoms with Crippen molar-refractivity contribution in [2.24, 2.45) is 0 Å². The van der Waals surface area contributed by atoms with E-state index in [1.807, 2.05) is 31.2 Å². The highest BCUT2D eigenvalue weighted by Crippen LogP contribution is 2.26. The molecule has 1 aromatic carbocycles. The van der Waals surface area contributed by atoms with Crippen molar-refractivity contribution < 1.29 is 14.7 Å². The van der Waals surface area contributed by atoms with Crippen molar-refractivity contribution >= 4 is 22.8 Å². The molecule has 1 amide bonds. The summed E-state index contributed by atoms with van der Waals surface area (Å²) in [7, 11) is 0. The first-order chi connectivity index (χ1) is 11.1. The molecule has 2 N–H and O–H groups in total. The minimum Gasteiger partial charge on any atom is -0.481 e. The van der Waals surface area contributed by atoms with Crippen molar-refractivity contribution in [3.05, 3.63) is 35.5 Å². The lowest BCUT2D eigenvalue weighted by atomic mass is 10.1. The molecule has 5 heteroatoms. The van der Waals surface area contributed by atoms with Crippen LogP contribution in [0.2, 0.25) is 0 Å². The Kier molecular flexibility index (Phi) is 5.79. The number of aromatic nitrogens is 1. The average Bonchev–Trinajstić information content (AvgIpc) is 2.82. The number of nitrogens with one attached hydrogen (secondary N) is 1. The van der Waals surface area contributed by atoms with E-state index in [0.717, 1.165) is 35.9 Å². The molecule has 2 aromatic rings. The van der Waals surface area contributed by atoms with Crippen molar-refractivity contribution in [3.8, 4) is 0 Å². The quantitative estimate of drug-likeness (QED) is 0.734. The number of carbonyl (C=O) groups excluding carboxylic acids is 1. The Morgan fingerprint density at radius 3 is 2.65 bits per heavy atom. The number of para-hydroxylation sites is 1. The molecule has 0 bridgehead atoms. The number of unbranched alkanes of at least 4 members (excludes halogenated alkanes) is 1. The zero-order chi connectivity index (χ0) is 16.8. The minimum absolute atomic E-state index is 0.0675. The molecule has 124 valence electrons. The number of hydrogen-bond donors (Lipinski definition) is 2. The van der Waals surface area contributed by atoms with Gasteiger partial charge in [0.2, 0.25) is 0 Å². The number of benzene rings is 1. The molecule has 0 saturated carbocycles. The van der Waals surface area contributed by atoms with E-state index < -0.39 is 5.97 Å². The number of hydrogen-bond acceptors (Lipinski definition) is 2. The Morgan fingerprint density at radius 1 is 1.22 bits per heavy atom. The van der Waals surface area contributed by atoms with Crippen molar-refractivity contribution in [2.75, 3.05) is 6.54 Å². The lowest BCUT2D eigenvalue weighted by molar-refractivity contribution is -0.137. The summed E-state index contributed by atoms with van der Waals surface area (Å²) in [4.78, 5) is 23.1. The second kappa shape index (κ2) is 7.81. The van der Waals surface area contributed by atoms with Crippen molar-refractivity contribution in [1.82, 2.24) is 9.88 Å². The van der Waals surface area contributed by atoms with Gasteiger partial charge in [0.25, 0.3) is 5.91 Å². The molecule has 1 heterocycles. The highest BCUT2D eigenvalue weighted by Gasteiger charge is 2.19. The lowest BCUT2D eigenvalue weighted by Gasteiger charge is -2.11. The van der Waals surface area contributed by atoms with Crippen LogP contribution in [0.15, 0.2) is 24.3 Å². The van der Waals surface area contributed by atoms with Gasteiger partial charge in [-0.15, -0.1) is 0 Å². The predicted octanol–water partition coefficient (Wildman–Crippen LogP) is 3.34. The van der Waals surface area contributed by atoms with Crippen LogP contribution in [0.4, 0.5) is 0 Å². The van der Waals surface area contributed by atoms with E-state index in [1.54, 1.807) is 0 Å². The third-order valence-corrected chi connectivity index (χ3v) is 4.03. The zero-order valence-corrected chi connectivity index (χ0v) is 13.8. The van der Waals surface area contributed by atoms with E-state index in [1.165, 1.54) is 0 Å². The number of nitrogens with zero attached hydrogens (tertiary/aromatic N) is 1. The number of rotatable bonds is 8. The summed E-state index contributed by atoms with van der Waals surface area (Å²) in [5, 5.41) is 12.6. The molecule has 0 radical (unpaired) electrons. The summed E-state index contributed by atoms with van der Waals surface area (Å²) < 4.78 is 2.08. The second-order valence-corrected chi connectivity index (χ2v) is 5.75. The summed E-state index contributed by atoms with van der Waals surface area (Å²) in [5.74, 6) is -0.965. The maximum absolute atomic E-state index is 12.6. The molecule has 23 heavy (non-hydrogen) atoms. The van der Waals surface area contributed by atoms with Crippen molar-refractivity contribution in [2.45, 2.75) is 46.1 Å². The van der Waals surface area contributed by atoms with Gasteiger partial charge in [0, 0.05) is 30.4 Å². The Balaban J connectivity index is 2.25. The number of carboxylic acids is 1. The molecule has 0 aliphatic rings. The van der Waals surface area contributed by atoms with Crippen LogP contribution in [-0.2, 0) is 11.3 Å². The highest BCUT2D eigenvalue weighted by atomic mass is 16.4. The number of carbonyl (C=O) groups is 2. The Bertz CT molecular complexity index is 704. The monoisotopic (exact) mass is 316 g/mol. The Labute approximate surface area is 136 Å². The molecule has 0 saturated heterocycles. The molecule has 0 aliphatic heterocycles. The summed E-state index contributed by atoms with van der Waals surface area (Å²) in [5.41, 5.74) is 2.75. The van der Waals surface area contributed by atoms with E-state index in [4.69, 9.17) is 5.11 Å². The van der Waals surface area contributed by atoms with Gasteiger partial charge in [0.05, 0.1) is 0 Å². The van der Waals surface area contributed by atoms with E-state index in [0.29, 0.717) is 18.7 Å². The summed E-state index contributed by atoms with van der Waals surface area (Å²) in [6.45, 7) is 5.28. The van der Waals surface area contributed by atoms with Gasteiger partial charge in [-0.1, -0.05) is 31.5 Å². The maximum atomic E-state index is 12.6. The summed E-state index contributed by atoms with van der Waals surface area (Å²) in [6, 6.07) is 8.04. The van der Waals surface area contributed by atoms with Crippen LogP contribution < -0.4 is 5.32 Å². The molecule has 0 aliphatic carbocycles. The largest absolute Gasteiger partial charge is 0.481 e. The van der Waals surface area contributed by atoms with Gasteiger partial charge < -0.3 is 15.0 Å². The van der Waals surface area contributed by atoms with Crippen LogP contribution in [0.25, 0.3) is 10.9 Å². The van der Waals surface area contributed by atoms with Crippen LogP contribution >= 0.6 is 0 Å². The first-order valence-corrected chi connectivity index (χ1v) is 8.14. The van der Waals surface area contributed by atoms with Crippen molar-refractivity contribution in [1.29, 1.82) is 0 Å². The van der Waals surface area contributed by atoms with Gasteiger partial charge >= 0.3 is 5.97 Å². The fourth-order valence-electron chi connectivity index (χ4n) is 2.84. The fraction of sp³-hybridized carbons (Fsp3) is 0.444. The Hall–Kier alpha value is -2.30. The Morgan fingerprint density at radius 2 is 1.96 bits per heavy atom. The van der Waals surface area contributed by atoms with Gasteiger partial charge in [0.1, 0.15) is 5.69 Å². The van der Waals surface area contributed by atoms with E-state index in [-0.39, 0.29) is 12.3 Å². The van der Waals surface area contributed by atoms with E-state index in [2.05, 4.69) is 16.8 Å². The molecule has 5 nitrogen and oxygen atoms in total. The molecule has 0 fully saturated rings. The summed E-state index contributed by atoms with van der Waals surface area (Å²) >= 11 is 0. The molecule has 2 rings (SSSR count). The molecule has 1 aromatic heterocycles. The third kappa shape index (κ3) is 3.92.